The van der Waals surface area contributed by atoms with Crippen molar-refractivity contribution in [2.75, 3.05) is 51.8 Å². The third-order valence-corrected chi connectivity index (χ3v) is 4.14. The average molecular weight is 309 g/mol. The maximum absolute atomic E-state index is 12.9. The summed E-state index contributed by atoms with van der Waals surface area (Å²) in [5, 5.41) is 0. The lowest BCUT2D eigenvalue weighted by molar-refractivity contribution is -0.133. The molecular formula is C14H20FN5O2. The molecule has 0 saturated carbocycles. The molecule has 120 valence electrons. The molecule has 2 atom stereocenters. The fourth-order valence-corrected chi connectivity index (χ4v) is 2.90. The Morgan fingerprint density at radius 3 is 2.82 bits per heavy atom. The third kappa shape index (κ3) is 3.02. The molecule has 0 aromatic carbocycles. The molecule has 0 spiro atoms. The second kappa shape index (κ2) is 6.13. The van der Waals surface area contributed by atoms with Gasteiger partial charge in [0.2, 0.25) is 11.9 Å². The summed E-state index contributed by atoms with van der Waals surface area (Å²) in [6.45, 7) is 3.06. The van der Waals surface area contributed by atoms with Gasteiger partial charge in [-0.15, -0.1) is 0 Å². The smallest absolute Gasteiger partial charge is 0.236 e. The molecule has 0 bridgehead atoms. The second-order valence-electron chi connectivity index (χ2n) is 5.84. The minimum Gasteiger partial charge on any atom is -0.373 e. The van der Waals surface area contributed by atoms with Crippen molar-refractivity contribution in [3.8, 4) is 0 Å². The zero-order valence-electron chi connectivity index (χ0n) is 12.8. The molecule has 2 aliphatic heterocycles. The van der Waals surface area contributed by atoms with Crippen LogP contribution in [-0.4, -0.2) is 84.7 Å². The van der Waals surface area contributed by atoms with Crippen molar-refractivity contribution < 1.29 is 13.9 Å². The first-order valence-corrected chi connectivity index (χ1v) is 7.33. The van der Waals surface area contributed by atoms with Crippen LogP contribution in [0.25, 0.3) is 0 Å². The number of aromatic nitrogens is 2. The predicted octanol–water partition coefficient (Wildman–Crippen LogP) is -0.407. The van der Waals surface area contributed by atoms with Crippen LogP contribution in [0.4, 0.5) is 10.3 Å². The molecule has 3 rings (SSSR count). The highest BCUT2D eigenvalue weighted by molar-refractivity contribution is 5.77. The van der Waals surface area contributed by atoms with E-state index in [-0.39, 0.29) is 18.1 Å². The number of nitrogens with zero attached hydrogens (tertiary/aromatic N) is 5. The van der Waals surface area contributed by atoms with Crippen molar-refractivity contribution in [3.05, 3.63) is 18.2 Å². The molecule has 3 heterocycles. The van der Waals surface area contributed by atoms with Gasteiger partial charge in [0.1, 0.15) is 0 Å². The van der Waals surface area contributed by atoms with Gasteiger partial charge >= 0.3 is 0 Å². The van der Waals surface area contributed by atoms with Crippen LogP contribution in [0.2, 0.25) is 0 Å². The first kappa shape index (κ1) is 15.1. The molecule has 1 aromatic heterocycles. The van der Waals surface area contributed by atoms with Crippen LogP contribution in [0.5, 0.6) is 0 Å². The second-order valence-corrected chi connectivity index (χ2v) is 5.84. The van der Waals surface area contributed by atoms with Crippen LogP contribution in [0, 0.1) is 5.82 Å². The molecule has 2 fully saturated rings. The Kier molecular flexibility index (Phi) is 4.21. The first-order chi connectivity index (χ1) is 10.5. The van der Waals surface area contributed by atoms with Crippen molar-refractivity contribution in [1.29, 1.82) is 0 Å². The topological polar surface area (TPSA) is 61.8 Å². The highest BCUT2D eigenvalue weighted by Gasteiger charge is 2.41. The van der Waals surface area contributed by atoms with E-state index in [1.54, 1.807) is 19.0 Å². The van der Waals surface area contributed by atoms with E-state index in [0.29, 0.717) is 32.2 Å². The number of hydrogen-bond donors (Lipinski definition) is 0. The van der Waals surface area contributed by atoms with E-state index < -0.39 is 5.82 Å². The summed E-state index contributed by atoms with van der Waals surface area (Å²) in [7, 11) is 3.52. The lowest BCUT2D eigenvalue weighted by Crippen LogP contribution is -2.53. The van der Waals surface area contributed by atoms with Crippen LogP contribution in [-0.2, 0) is 9.53 Å². The molecule has 2 saturated heterocycles. The standard InChI is InChI=1S/C14H20FN5O2/c1-18(2)13(21)9-19-3-4-22-12-8-20(7-11(12)19)14-16-5-10(15)6-17-14/h5-6,11-12H,3-4,7-9H2,1-2H3/t11-,12-/m0/s1. The molecule has 22 heavy (non-hydrogen) atoms. The summed E-state index contributed by atoms with van der Waals surface area (Å²) >= 11 is 0. The van der Waals surface area contributed by atoms with Crippen molar-refractivity contribution in [2.24, 2.45) is 0 Å². The lowest BCUT2D eigenvalue weighted by atomic mass is 10.1. The Morgan fingerprint density at radius 1 is 1.41 bits per heavy atom. The van der Waals surface area contributed by atoms with E-state index in [9.17, 15) is 9.18 Å². The highest BCUT2D eigenvalue weighted by Crippen LogP contribution is 2.25. The van der Waals surface area contributed by atoms with Crippen molar-refractivity contribution in [1.82, 2.24) is 19.8 Å². The van der Waals surface area contributed by atoms with E-state index in [2.05, 4.69) is 14.9 Å². The largest absolute Gasteiger partial charge is 0.373 e. The van der Waals surface area contributed by atoms with E-state index in [4.69, 9.17) is 4.74 Å². The summed E-state index contributed by atoms with van der Waals surface area (Å²) in [5.41, 5.74) is 0. The number of morpholine rings is 1. The normalized spacial score (nSPS) is 25.1. The van der Waals surface area contributed by atoms with E-state index in [1.807, 2.05) is 4.90 Å². The molecule has 2 aliphatic rings. The number of ether oxygens (including phenoxy) is 1. The molecule has 0 unspecified atom stereocenters. The minimum absolute atomic E-state index is 0.0253. The molecule has 1 aromatic rings. The fourth-order valence-electron chi connectivity index (χ4n) is 2.90. The maximum Gasteiger partial charge on any atom is 0.236 e. The van der Waals surface area contributed by atoms with Gasteiger partial charge in [-0.25, -0.2) is 14.4 Å². The molecule has 8 heteroatoms. The number of halogens is 1. The van der Waals surface area contributed by atoms with E-state index in [0.717, 1.165) is 6.54 Å². The quantitative estimate of drug-likeness (QED) is 0.757. The van der Waals surface area contributed by atoms with Crippen LogP contribution in [0.3, 0.4) is 0 Å². The van der Waals surface area contributed by atoms with Gasteiger partial charge in [0.05, 0.1) is 37.7 Å². The number of anilines is 1. The van der Waals surface area contributed by atoms with E-state index in [1.165, 1.54) is 12.4 Å². The van der Waals surface area contributed by atoms with Crippen molar-refractivity contribution in [2.45, 2.75) is 12.1 Å². The molecular weight excluding hydrogens is 289 g/mol. The Morgan fingerprint density at radius 2 is 2.14 bits per heavy atom. The summed E-state index contributed by atoms with van der Waals surface area (Å²) in [6, 6.07) is 0.131. The van der Waals surface area contributed by atoms with Gasteiger partial charge < -0.3 is 14.5 Å². The highest BCUT2D eigenvalue weighted by atomic mass is 19.1. The maximum atomic E-state index is 12.9. The zero-order chi connectivity index (χ0) is 15.7. The van der Waals surface area contributed by atoms with Gasteiger partial charge in [-0.3, -0.25) is 9.69 Å². The molecule has 0 N–H and O–H groups in total. The fraction of sp³-hybridized carbons (Fsp3) is 0.643. The molecule has 1 amide bonds. The van der Waals surface area contributed by atoms with Gasteiger partial charge in [-0.1, -0.05) is 0 Å². The van der Waals surface area contributed by atoms with Crippen LogP contribution < -0.4 is 4.90 Å². The van der Waals surface area contributed by atoms with E-state index >= 15 is 0 Å². The Bertz CT molecular complexity index is 539. The van der Waals surface area contributed by atoms with Gasteiger partial charge in [-0.05, 0) is 0 Å². The molecule has 0 aliphatic carbocycles. The number of carbonyl (C=O) groups is 1. The van der Waals surface area contributed by atoms with Gasteiger partial charge in [0.25, 0.3) is 0 Å². The Balaban J connectivity index is 1.69. The van der Waals surface area contributed by atoms with Crippen LogP contribution in [0.1, 0.15) is 0 Å². The number of likely N-dealkylation sites (N-methyl/N-ethyl adjacent to an activating group) is 1. The van der Waals surface area contributed by atoms with Gasteiger partial charge in [0, 0.05) is 33.7 Å². The predicted molar refractivity (Wildman–Crippen MR) is 78.0 cm³/mol. The first-order valence-electron chi connectivity index (χ1n) is 7.33. The number of amides is 1. The summed E-state index contributed by atoms with van der Waals surface area (Å²) in [6.07, 6.45) is 2.36. The number of carbonyl (C=O) groups excluding carboxylic acids is 1. The Hall–Kier alpha value is -1.80. The third-order valence-electron chi connectivity index (χ3n) is 4.14. The molecule has 7 nitrogen and oxygen atoms in total. The van der Waals surface area contributed by atoms with Crippen molar-refractivity contribution >= 4 is 11.9 Å². The van der Waals surface area contributed by atoms with Gasteiger partial charge in [-0.2, -0.15) is 0 Å². The SMILES string of the molecule is CN(C)C(=O)CN1CCO[C@H]2CN(c3ncc(F)cn3)C[C@@H]21. The monoisotopic (exact) mass is 309 g/mol. The average Bonchev–Trinajstić information content (AvgIpc) is 2.93. The number of hydrogen-bond acceptors (Lipinski definition) is 6. The van der Waals surface area contributed by atoms with Crippen LogP contribution in [0.15, 0.2) is 12.4 Å². The summed E-state index contributed by atoms with van der Waals surface area (Å²) in [5.74, 6) is 0.130. The number of fused-ring (bicyclic) bond motifs is 1. The lowest BCUT2D eigenvalue weighted by Gasteiger charge is -2.36. The van der Waals surface area contributed by atoms with Crippen LogP contribution >= 0.6 is 0 Å². The molecule has 0 radical (unpaired) electrons. The van der Waals surface area contributed by atoms with Crippen molar-refractivity contribution in [3.63, 3.8) is 0 Å². The van der Waals surface area contributed by atoms with Gasteiger partial charge in [0.15, 0.2) is 5.82 Å². The zero-order valence-corrected chi connectivity index (χ0v) is 12.8. The summed E-state index contributed by atoms with van der Waals surface area (Å²) < 4.78 is 18.7. The Labute approximate surface area is 128 Å². The minimum atomic E-state index is -0.449. The number of rotatable bonds is 3. The summed E-state index contributed by atoms with van der Waals surface area (Å²) in [4.78, 5) is 25.7.